The molecule has 2 heterocycles. The quantitative estimate of drug-likeness (QED) is 0.317. The Morgan fingerprint density at radius 1 is 1.15 bits per heavy atom. The lowest BCUT2D eigenvalue weighted by Crippen LogP contribution is -2.51. The minimum Gasteiger partial charge on any atom is -0.354 e. The Kier molecular flexibility index (Phi) is 11.4. The molecule has 5 nitrogen and oxygen atoms in total. The number of Topliss-reactive ketones (excluding diaryl/α,β-unsaturated/α-hetero) is 1. The van der Waals surface area contributed by atoms with Crippen LogP contribution in [0.25, 0.3) is 0 Å². The molecule has 0 unspecified atom stereocenters. The lowest BCUT2D eigenvalue weighted by molar-refractivity contribution is -0.127. The molecule has 4 atom stereocenters. The summed E-state index contributed by atoms with van der Waals surface area (Å²) in [7, 11) is 0. The van der Waals surface area contributed by atoms with E-state index < -0.39 is 0 Å². The number of fused-ring (bicyclic) bond motifs is 2. The third-order valence-corrected chi connectivity index (χ3v) is 8.43. The number of nitrogens with zero attached hydrogens (tertiary/aromatic N) is 2. The number of hydrogen-bond donors (Lipinski definition) is 3. The molecule has 34 heavy (non-hydrogen) atoms. The predicted molar refractivity (Wildman–Crippen MR) is 148 cm³/mol. The summed E-state index contributed by atoms with van der Waals surface area (Å²) in [6.07, 6.45) is 4.67. The zero-order valence-corrected chi connectivity index (χ0v) is 23.2. The Labute approximate surface area is 225 Å². The Morgan fingerprint density at radius 2 is 1.94 bits per heavy atom. The first-order valence-corrected chi connectivity index (χ1v) is 14.4. The number of carbonyl (C=O) groups is 2. The van der Waals surface area contributed by atoms with Gasteiger partial charge in [-0.3, -0.25) is 19.4 Å². The summed E-state index contributed by atoms with van der Waals surface area (Å²) in [4.78, 5) is 30.1. The van der Waals surface area contributed by atoms with Gasteiger partial charge in [-0.25, -0.2) is 0 Å². The van der Waals surface area contributed by atoms with E-state index in [2.05, 4.69) is 40.4 Å². The molecule has 0 aliphatic carbocycles. The average Bonchev–Trinajstić information content (AvgIpc) is 3.09. The molecule has 0 spiro atoms. The van der Waals surface area contributed by atoms with E-state index in [9.17, 15) is 9.59 Å². The second-order valence-corrected chi connectivity index (χ2v) is 11.0. The topological polar surface area (TPSA) is 52.7 Å². The van der Waals surface area contributed by atoms with Crippen LogP contribution in [0, 0.1) is 5.92 Å². The number of piperidine rings is 1. The first kappa shape index (κ1) is 28.1. The molecule has 3 rings (SSSR count). The molecular formula is C25H37Cl2N3O2S2. The van der Waals surface area contributed by atoms with Gasteiger partial charge in [0.05, 0.1) is 16.6 Å². The second kappa shape index (κ2) is 13.8. The van der Waals surface area contributed by atoms with Crippen molar-refractivity contribution in [3.05, 3.63) is 33.8 Å². The van der Waals surface area contributed by atoms with Crippen LogP contribution in [0.4, 0.5) is 0 Å². The predicted octanol–water partition coefficient (Wildman–Crippen LogP) is 4.58. The Hall–Kier alpha value is -0.440. The maximum atomic E-state index is 13.2. The van der Waals surface area contributed by atoms with Crippen LogP contribution in [0.1, 0.15) is 50.5 Å². The SMILES string of the molecule is CCC(=O)[C@H]1[C@@H](c2ccc(Cl)c(Cl)c2)C[C@@H]2CC[C@H]1N2CCCN(CCS)CC(=O)NCCS. The largest absolute Gasteiger partial charge is 0.354 e. The van der Waals surface area contributed by atoms with E-state index in [1.165, 1.54) is 0 Å². The van der Waals surface area contributed by atoms with Gasteiger partial charge in [-0.05, 0) is 62.4 Å². The van der Waals surface area contributed by atoms with E-state index in [1.54, 1.807) is 0 Å². The first-order valence-electron chi connectivity index (χ1n) is 12.3. The van der Waals surface area contributed by atoms with Crippen molar-refractivity contribution in [2.24, 2.45) is 5.92 Å². The summed E-state index contributed by atoms with van der Waals surface area (Å²) >= 11 is 21.0. The van der Waals surface area contributed by atoms with E-state index in [4.69, 9.17) is 23.2 Å². The van der Waals surface area contributed by atoms with Crippen LogP contribution in [0.15, 0.2) is 18.2 Å². The van der Waals surface area contributed by atoms with Crippen molar-refractivity contribution < 1.29 is 9.59 Å². The molecule has 190 valence electrons. The summed E-state index contributed by atoms with van der Waals surface area (Å²) in [5.74, 6) is 1.90. The van der Waals surface area contributed by atoms with Crippen LogP contribution < -0.4 is 5.32 Å². The van der Waals surface area contributed by atoms with Gasteiger partial charge in [0.1, 0.15) is 5.78 Å². The highest BCUT2D eigenvalue weighted by molar-refractivity contribution is 7.80. The van der Waals surface area contributed by atoms with Gasteiger partial charge in [0, 0.05) is 49.0 Å². The van der Waals surface area contributed by atoms with E-state index in [-0.39, 0.29) is 23.8 Å². The Morgan fingerprint density at radius 3 is 2.62 bits per heavy atom. The van der Waals surface area contributed by atoms with Gasteiger partial charge < -0.3 is 5.32 Å². The molecule has 1 aromatic carbocycles. The fourth-order valence-corrected chi connectivity index (χ4v) is 6.47. The van der Waals surface area contributed by atoms with Crippen molar-refractivity contribution in [1.29, 1.82) is 0 Å². The maximum absolute atomic E-state index is 13.2. The number of ketones is 1. The molecule has 0 aromatic heterocycles. The van der Waals surface area contributed by atoms with E-state index in [1.807, 2.05) is 25.1 Å². The van der Waals surface area contributed by atoms with Crippen molar-refractivity contribution in [2.45, 2.75) is 57.0 Å². The van der Waals surface area contributed by atoms with Gasteiger partial charge in [0.2, 0.25) is 5.91 Å². The summed E-state index contributed by atoms with van der Waals surface area (Å²) in [5.41, 5.74) is 1.13. The minimum absolute atomic E-state index is 0.0125. The number of hydrogen-bond acceptors (Lipinski definition) is 6. The summed E-state index contributed by atoms with van der Waals surface area (Å²) < 4.78 is 0. The lowest BCUT2D eigenvalue weighted by atomic mass is 9.73. The van der Waals surface area contributed by atoms with Gasteiger partial charge in [-0.2, -0.15) is 25.3 Å². The first-order chi connectivity index (χ1) is 16.4. The number of thiol groups is 2. The zero-order valence-electron chi connectivity index (χ0n) is 19.9. The molecule has 9 heteroatoms. The maximum Gasteiger partial charge on any atom is 0.234 e. The van der Waals surface area contributed by atoms with E-state index in [0.29, 0.717) is 52.9 Å². The number of benzene rings is 1. The smallest absolute Gasteiger partial charge is 0.234 e. The fourth-order valence-electron chi connectivity index (χ4n) is 5.76. The van der Waals surface area contributed by atoms with Gasteiger partial charge in [-0.15, -0.1) is 0 Å². The minimum atomic E-state index is -0.0125. The van der Waals surface area contributed by atoms with Crippen LogP contribution in [-0.4, -0.2) is 77.8 Å². The molecule has 2 aliphatic heterocycles. The molecule has 1 amide bonds. The fraction of sp³-hybridized carbons (Fsp3) is 0.680. The van der Waals surface area contributed by atoms with Gasteiger partial charge in [0.15, 0.2) is 0 Å². The standard InChI is InChI=1S/C25H37Cl2N3O2S2/c1-2-23(31)25-19(17-4-6-20(26)21(27)14-17)15-18-5-7-22(25)30(18)10-3-9-29(11-13-34)16-24(32)28-8-12-33/h4,6,14,18-19,22,25,33-34H,2-3,5,7-13,15-16H2,1H3,(H,28,32)/t18-,19+,22+,25-/m0/s1. The number of halogens is 2. The summed E-state index contributed by atoms with van der Waals surface area (Å²) in [5, 5.41) is 4.00. The Bertz CT molecular complexity index is 844. The van der Waals surface area contributed by atoms with Gasteiger partial charge >= 0.3 is 0 Å². The molecule has 0 radical (unpaired) electrons. The van der Waals surface area contributed by atoms with E-state index >= 15 is 0 Å². The average molecular weight is 547 g/mol. The third-order valence-electron chi connectivity index (χ3n) is 7.26. The second-order valence-electron chi connectivity index (χ2n) is 9.32. The number of amides is 1. The number of nitrogens with one attached hydrogen (secondary N) is 1. The highest BCUT2D eigenvalue weighted by Crippen LogP contribution is 2.48. The Balaban J connectivity index is 1.66. The molecule has 1 N–H and O–H groups in total. The molecular weight excluding hydrogens is 509 g/mol. The summed E-state index contributed by atoms with van der Waals surface area (Å²) in [6, 6.07) is 6.58. The molecule has 2 bridgehead atoms. The van der Waals surface area contributed by atoms with Crippen molar-refractivity contribution in [1.82, 2.24) is 15.1 Å². The van der Waals surface area contributed by atoms with Gasteiger partial charge in [-0.1, -0.05) is 36.2 Å². The highest BCUT2D eigenvalue weighted by atomic mass is 35.5. The van der Waals surface area contributed by atoms with Crippen molar-refractivity contribution in [3.8, 4) is 0 Å². The summed E-state index contributed by atoms with van der Waals surface area (Å²) in [6.45, 7) is 5.50. The van der Waals surface area contributed by atoms with Gasteiger partial charge in [0.25, 0.3) is 0 Å². The molecule has 2 fully saturated rings. The molecule has 2 saturated heterocycles. The van der Waals surface area contributed by atoms with Crippen LogP contribution in [0.5, 0.6) is 0 Å². The van der Waals surface area contributed by atoms with Crippen molar-refractivity contribution >= 4 is 60.1 Å². The van der Waals surface area contributed by atoms with Crippen molar-refractivity contribution in [2.75, 3.05) is 44.2 Å². The van der Waals surface area contributed by atoms with Crippen LogP contribution >= 0.6 is 48.5 Å². The number of rotatable bonds is 13. The van der Waals surface area contributed by atoms with Crippen LogP contribution in [-0.2, 0) is 9.59 Å². The van der Waals surface area contributed by atoms with Crippen molar-refractivity contribution in [3.63, 3.8) is 0 Å². The monoisotopic (exact) mass is 545 g/mol. The normalized spacial score (nSPS) is 24.5. The molecule has 2 aliphatic rings. The third kappa shape index (κ3) is 7.07. The van der Waals surface area contributed by atoms with Crippen LogP contribution in [0.3, 0.4) is 0 Å². The zero-order chi connectivity index (χ0) is 24.7. The highest BCUT2D eigenvalue weighted by Gasteiger charge is 2.49. The lowest BCUT2D eigenvalue weighted by Gasteiger charge is -2.44. The molecule has 0 saturated carbocycles. The van der Waals surface area contributed by atoms with Crippen LogP contribution in [0.2, 0.25) is 10.0 Å². The van der Waals surface area contributed by atoms with E-state index in [0.717, 1.165) is 50.9 Å². The molecule has 1 aromatic rings. The number of carbonyl (C=O) groups excluding carboxylic acids is 2.